The second kappa shape index (κ2) is 10.6. The predicted molar refractivity (Wildman–Crippen MR) is 119 cm³/mol. The highest BCUT2D eigenvalue weighted by Gasteiger charge is 2.15. The third kappa shape index (κ3) is 6.32. The van der Waals surface area contributed by atoms with Crippen molar-refractivity contribution in [1.82, 2.24) is 5.32 Å². The minimum atomic E-state index is -0.863. The van der Waals surface area contributed by atoms with Gasteiger partial charge in [-0.1, -0.05) is 35.9 Å². The fourth-order valence-electron chi connectivity index (χ4n) is 2.58. The van der Waals surface area contributed by atoms with Gasteiger partial charge < -0.3 is 20.4 Å². The van der Waals surface area contributed by atoms with Gasteiger partial charge in [-0.3, -0.25) is 14.4 Å². The van der Waals surface area contributed by atoms with E-state index in [1.165, 1.54) is 12.1 Å². The average molecular weight is 449 g/mol. The number of para-hydroxylation sites is 1. The van der Waals surface area contributed by atoms with Crippen molar-refractivity contribution >= 4 is 46.8 Å². The van der Waals surface area contributed by atoms with Crippen molar-refractivity contribution in [2.24, 2.45) is 0 Å². The number of benzene rings is 2. The fraction of sp³-hybridized carbons (Fsp3) is 0.0435. The van der Waals surface area contributed by atoms with Gasteiger partial charge in [0.25, 0.3) is 5.91 Å². The van der Waals surface area contributed by atoms with E-state index in [1.807, 2.05) is 6.07 Å². The number of amides is 3. The number of anilines is 2. The Morgan fingerprint density at radius 1 is 0.906 bits per heavy atom. The van der Waals surface area contributed by atoms with E-state index in [4.69, 9.17) is 16.0 Å². The molecule has 2 aromatic carbocycles. The van der Waals surface area contributed by atoms with Gasteiger partial charge in [0.2, 0.25) is 0 Å². The first-order valence-corrected chi connectivity index (χ1v) is 9.74. The van der Waals surface area contributed by atoms with Crippen molar-refractivity contribution in [2.75, 3.05) is 10.6 Å². The second-order valence-corrected chi connectivity index (χ2v) is 6.88. The summed E-state index contributed by atoms with van der Waals surface area (Å²) in [5.74, 6) is -1.72. The third-order valence-electron chi connectivity index (χ3n) is 4.08. The summed E-state index contributed by atoms with van der Waals surface area (Å²) in [4.78, 5) is 36.2. The molecule has 0 aliphatic carbocycles. The van der Waals surface area contributed by atoms with Crippen molar-refractivity contribution in [2.45, 2.75) is 6.54 Å². The molecule has 3 amide bonds. The maximum atomic E-state index is 12.3. The van der Waals surface area contributed by atoms with E-state index in [2.05, 4.69) is 16.0 Å². The summed E-state index contributed by atoms with van der Waals surface area (Å²) in [5.41, 5.74) is 0.790. The zero-order valence-electron chi connectivity index (χ0n) is 16.6. The number of rotatable bonds is 6. The lowest BCUT2D eigenvalue weighted by Crippen LogP contribution is -2.34. The Kier molecular flexibility index (Phi) is 7.41. The molecule has 1 aromatic heterocycles. The Morgan fingerprint density at radius 3 is 2.34 bits per heavy atom. The van der Waals surface area contributed by atoms with Crippen LogP contribution in [0, 0.1) is 11.3 Å². The molecule has 0 saturated carbocycles. The van der Waals surface area contributed by atoms with Crippen LogP contribution < -0.4 is 16.0 Å². The van der Waals surface area contributed by atoms with Gasteiger partial charge in [0.1, 0.15) is 23.2 Å². The molecule has 3 rings (SSSR count). The summed E-state index contributed by atoms with van der Waals surface area (Å²) in [5, 5.41) is 17.2. The minimum Gasteiger partial charge on any atom is -0.460 e. The molecule has 0 aliphatic rings. The second-order valence-electron chi connectivity index (χ2n) is 6.44. The quantitative estimate of drug-likeness (QED) is 0.301. The zero-order valence-corrected chi connectivity index (χ0v) is 17.3. The summed E-state index contributed by atoms with van der Waals surface area (Å²) in [6, 6.07) is 20.0. The molecule has 3 aromatic rings. The van der Waals surface area contributed by atoms with Gasteiger partial charge in [-0.15, -0.1) is 0 Å². The van der Waals surface area contributed by atoms with Crippen LogP contribution in [0.5, 0.6) is 0 Å². The van der Waals surface area contributed by atoms with E-state index in [-0.39, 0.29) is 17.9 Å². The van der Waals surface area contributed by atoms with Crippen LogP contribution >= 0.6 is 11.6 Å². The highest BCUT2D eigenvalue weighted by atomic mass is 35.5. The highest BCUT2D eigenvalue weighted by molar-refractivity contribution is 6.39. The molecular formula is C23H17ClN4O4. The highest BCUT2D eigenvalue weighted by Crippen LogP contribution is 2.15. The molecule has 3 N–H and O–H groups in total. The molecule has 0 unspecified atom stereocenters. The standard InChI is InChI=1S/C23H17ClN4O4/c24-16-5-4-8-18(12-16)28-23(31)22(30)26-14-20-10-9-19(32-20)11-15(13-25)21(29)27-17-6-2-1-3-7-17/h1-12H,14H2,(H,26,30)(H,27,29)(H,28,31)/b15-11-. The lowest BCUT2D eigenvalue weighted by molar-refractivity contribution is -0.136. The first-order chi connectivity index (χ1) is 15.4. The first kappa shape index (κ1) is 22.3. The number of hydrogen-bond acceptors (Lipinski definition) is 5. The molecule has 0 bridgehead atoms. The van der Waals surface area contributed by atoms with E-state index in [9.17, 15) is 19.6 Å². The monoisotopic (exact) mass is 448 g/mol. The number of nitrogens with one attached hydrogen (secondary N) is 3. The third-order valence-corrected chi connectivity index (χ3v) is 4.31. The van der Waals surface area contributed by atoms with Gasteiger partial charge in [-0.2, -0.15) is 5.26 Å². The molecule has 0 radical (unpaired) electrons. The van der Waals surface area contributed by atoms with Crippen molar-refractivity contribution in [3.8, 4) is 6.07 Å². The fourth-order valence-corrected chi connectivity index (χ4v) is 2.77. The average Bonchev–Trinajstić information content (AvgIpc) is 3.24. The van der Waals surface area contributed by atoms with E-state index in [0.717, 1.165) is 0 Å². The molecule has 160 valence electrons. The van der Waals surface area contributed by atoms with Gasteiger partial charge in [0.15, 0.2) is 0 Å². The number of nitrogens with zero attached hydrogens (tertiary/aromatic N) is 1. The molecule has 0 saturated heterocycles. The van der Waals surface area contributed by atoms with Crippen molar-refractivity contribution < 1.29 is 18.8 Å². The molecule has 8 nitrogen and oxygen atoms in total. The molecular weight excluding hydrogens is 432 g/mol. The van der Waals surface area contributed by atoms with E-state index >= 15 is 0 Å². The zero-order chi connectivity index (χ0) is 22.9. The molecule has 1 heterocycles. The Morgan fingerprint density at radius 2 is 1.62 bits per heavy atom. The van der Waals surface area contributed by atoms with Crippen LogP contribution in [0.4, 0.5) is 11.4 Å². The molecule has 9 heteroatoms. The smallest absolute Gasteiger partial charge is 0.313 e. The minimum absolute atomic E-state index is 0.0618. The SMILES string of the molecule is N#C/C(=C/c1ccc(CNC(=O)C(=O)Nc2cccc(Cl)c2)o1)C(=O)Nc1ccccc1. The van der Waals surface area contributed by atoms with Gasteiger partial charge >= 0.3 is 11.8 Å². The van der Waals surface area contributed by atoms with Gasteiger partial charge in [0.05, 0.1) is 6.54 Å². The summed E-state index contributed by atoms with van der Waals surface area (Å²) >= 11 is 5.84. The van der Waals surface area contributed by atoms with E-state index in [1.54, 1.807) is 60.7 Å². The summed E-state index contributed by atoms with van der Waals surface area (Å²) in [6.07, 6.45) is 1.29. The molecule has 0 fully saturated rings. The van der Waals surface area contributed by atoms with Crippen molar-refractivity contribution in [3.63, 3.8) is 0 Å². The number of halogens is 1. The number of nitriles is 1. The number of carbonyl (C=O) groups excluding carboxylic acids is 3. The summed E-state index contributed by atoms with van der Waals surface area (Å²) in [6.45, 7) is -0.0618. The van der Waals surface area contributed by atoms with Crippen LogP contribution in [0.3, 0.4) is 0 Å². The first-order valence-electron chi connectivity index (χ1n) is 9.36. The predicted octanol–water partition coefficient (Wildman–Crippen LogP) is 3.73. The lowest BCUT2D eigenvalue weighted by Gasteiger charge is -2.05. The van der Waals surface area contributed by atoms with E-state index < -0.39 is 17.7 Å². The Labute approximate surface area is 188 Å². The normalized spacial score (nSPS) is 10.7. The summed E-state index contributed by atoms with van der Waals surface area (Å²) < 4.78 is 5.51. The van der Waals surface area contributed by atoms with Crippen LogP contribution in [0.15, 0.2) is 76.7 Å². The van der Waals surface area contributed by atoms with Crippen molar-refractivity contribution in [1.29, 1.82) is 5.26 Å². The molecule has 0 aliphatic heterocycles. The maximum Gasteiger partial charge on any atom is 0.313 e. The lowest BCUT2D eigenvalue weighted by atomic mass is 10.2. The Balaban J connectivity index is 1.56. The maximum absolute atomic E-state index is 12.3. The Hall–Kier alpha value is -4.35. The van der Waals surface area contributed by atoms with Gasteiger partial charge in [-0.25, -0.2) is 0 Å². The van der Waals surface area contributed by atoms with Crippen LogP contribution in [-0.2, 0) is 20.9 Å². The molecule has 0 spiro atoms. The van der Waals surface area contributed by atoms with Crippen LogP contribution in [0.1, 0.15) is 11.5 Å². The number of furan rings is 1. The number of hydrogen-bond donors (Lipinski definition) is 3. The molecule has 0 atom stereocenters. The number of carbonyl (C=O) groups is 3. The van der Waals surface area contributed by atoms with Gasteiger partial charge in [-0.05, 0) is 42.5 Å². The molecule has 32 heavy (non-hydrogen) atoms. The van der Waals surface area contributed by atoms with Crippen molar-refractivity contribution in [3.05, 3.63) is 88.8 Å². The largest absolute Gasteiger partial charge is 0.460 e. The van der Waals surface area contributed by atoms with Gasteiger partial charge in [0, 0.05) is 22.5 Å². The van der Waals surface area contributed by atoms with Crippen LogP contribution in [-0.4, -0.2) is 17.7 Å². The van der Waals surface area contributed by atoms with E-state index in [0.29, 0.717) is 22.2 Å². The topological polar surface area (TPSA) is 124 Å². The van der Waals surface area contributed by atoms with Crippen LogP contribution in [0.25, 0.3) is 6.08 Å². The Bertz CT molecular complexity index is 1210. The van der Waals surface area contributed by atoms with Crippen LogP contribution in [0.2, 0.25) is 5.02 Å². The summed E-state index contributed by atoms with van der Waals surface area (Å²) in [7, 11) is 0.